The fourth-order valence-electron chi connectivity index (χ4n) is 3.63. The summed E-state index contributed by atoms with van der Waals surface area (Å²) in [6, 6.07) is 23.9. The second kappa shape index (κ2) is 9.89. The Morgan fingerprint density at radius 3 is 2.13 bits per heavy atom. The number of rotatable bonds is 7. The van der Waals surface area contributed by atoms with Crippen molar-refractivity contribution in [1.29, 1.82) is 0 Å². The Kier molecular flexibility index (Phi) is 7.03. The molecule has 150 valence electrons. The summed E-state index contributed by atoms with van der Waals surface area (Å²) in [5.74, 6) is 0. The topological polar surface area (TPSA) is 0 Å². The molecular formula is C30H30. The van der Waals surface area contributed by atoms with Crippen LogP contribution in [0.4, 0.5) is 0 Å². The van der Waals surface area contributed by atoms with Gasteiger partial charge in [-0.25, -0.2) is 0 Å². The van der Waals surface area contributed by atoms with E-state index in [4.69, 9.17) is 0 Å². The van der Waals surface area contributed by atoms with E-state index in [1.807, 2.05) is 19.1 Å². The fourth-order valence-corrected chi connectivity index (χ4v) is 3.63. The van der Waals surface area contributed by atoms with Gasteiger partial charge in [0, 0.05) is 0 Å². The lowest BCUT2D eigenvalue weighted by Gasteiger charge is -2.14. The molecule has 0 nitrogen and oxygen atoms in total. The molecule has 0 N–H and O–H groups in total. The maximum absolute atomic E-state index is 4.25. The summed E-state index contributed by atoms with van der Waals surface area (Å²) in [4.78, 5) is 0. The van der Waals surface area contributed by atoms with Crippen LogP contribution in [0.5, 0.6) is 0 Å². The molecule has 0 aliphatic carbocycles. The molecule has 30 heavy (non-hydrogen) atoms. The van der Waals surface area contributed by atoms with E-state index in [1.165, 1.54) is 38.9 Å². The van der Waals surface area contributed by atoms with Gasteiger partial charge in [0.15, 0.2) is 0 Å². The molecule has 0 spiro atoms. The van der Waals surface area contributed by atoms with Gasteiger partial charge in [0.05, 0.1) is 0 Å². The largest absolute Gasteiger partial charge is 0.0961 e. The molecule has 0 unspecified atom stereocenters. The van der Waals surface area contributed by atoms with Gasteiger partial charge in [-0.1, -0.05) is 110 Å². The van der Waals surface area contributed by atoms with Crippen LogP contribution in [0, 0.1) is 13.8 Å². The summed E-state index contributed by atoms with van der Waals surface area (Å²) in [6.07, 6.45) is 9.03. The Morgan fingerprint density at radius 2 is 1.43 bits per heavy atom. The van der Waals surface area contributed by atoms with Gasteiger partial charge in [0.2, 0.25) is 0 Å². The molecule has 0 aromatic heterocycles. The van der Waals surface area contributed by atoms with Crippen LogP contribution in [-0.4, -0.2) is 0 Å². The molecule has 3 aromatic carbocycles. The van der Waals surface area contributed by atoms with Crippen molar-refractivity contribution in [1.82, 2.24) is 0 Å². The van der Waals surface area contributed by atoms with E-state index in [0.29, 0.717) is 0 Å². The first-order valence-electron chi connectivity index (χ1n) is 10.4. The maximum atomic E-state index is 4.25. The molecule has 0 aliphatic rings. The van der Waals surface area contributed by atoms with Crippen molar-refractivity contribution in [3.05, 3.63) is 126 Å². The first-order valence-corrected chi connectivity index (χ1v) is 10.4. The predicted molar refractivity (Wildman–Crippen MR) is 134 cm³/mol. The van der Waals surface area contributed by atoms with E-state index in [-0.39, 0.29) is 0 Å². The van der Waals surface area contributed by atoms with E-state index in [9.17, 15) is 0 Å². The maximum Gasteiger partial charge on any atom is -0.00943 e. The summed E-state index contributed by atoms with van der Waals surface area (Å²) in [5, 5.41) is 0. The molecule has 0 bridgehead atoms. The van der Waals surface area contributed by atoms with Crippen LogP contribution in [0.25, 0.3) is 27.8 Å². The summed E-state index contributed by atoms with van der Waals surface area (Å²) in [5.41, 5.74) is 11.1. The minimum atomic E-state index is 0.835. The number of hydrogen-bond donors (Lipinski definition) is 0. The van der Waals surface area contributed by atoms with E-state index in [0.717, 1.165) is 17.6 Å². The van der Waals surface area contributed by atoms with Gasteiger partial charge in [-0.2, -0.15) is 0 Å². The Balaban J connectivity index is 1.80. The standard InChI is InChI=1S/C30H30/c1-22(2)12-7-6-8-13-23(3)26-18-20-27(21-19-26)29-16-11-17-30(25(29)5)28-15-10-9-14-24(28)4/h6-12,14-21H,1,3,13H2,2,4-5H3/b8-6-,12-7-. The van der Waals surface area contributed by atoms with E-state index >= 15 is 0 Å². The van der Waals surface area contributed by atoms with Crippen molar-refractivity contribution in [2.45, 2.75) is 27.2 Å². The van der Waals surface area contributed by atoms with Crippen LogP contribution in [0.15, 0.2) is 110 Å². The first-order chi connectivity index (χ1) is 14.5. The second-order valence-electron chi connectivity index (χ2n) is 7.81. The SMILES string of the molecule is C=C(C)/C=C\C=C/CC(=C)c1ccc(-c2cccc(-c3ccccc3C)c2C)cc1. The lowest BCUT2D eigenvalue weighted by molar-refractivity contribution is 1.39. The molecule has 0 saturated carbocycles. The number of benzene rings is 3. The predicted octanol–water partition coefficient (Wildman–Crippen LogP) is 8.73. The van der Waals surface area contributed by atoms with Gasteiger partial charge in [0.1, 0.15) is 0 Å². The third-order valence-corrected chi connectivity index (χ3v) is 5.37. The summed E-state index contributed by atoms with van der Waals surface area (Å²) < 4.78 is 0. The number of hydrogen-bond acceptors (Lipinski definition) is 0. The van der Waals surface area contributed by atoms with Crippen LogP contribution >= 0.6 is 0 Å². The lowest BCUT2D eigenvalue weighted by atomic mass is 9.90. The number of aryl methyl sites for hydroxylation is 1. The molecule has 0 amide bonds. The van der Waals surface area contributed by atoms with Crippen molar-refractivity contribution in [3.8, 4) is 22.3 Å². The lowest BCUT2D eigenvalue weighted by Crippen LogP contribution is -1.91. The summed E-state index contributed by atoms with van der Waals surface area (Å²) in [7, 11) is 0. The van der Waals surface area contributed by atoms with Crippen LogP contribution in [-0.2, 0) is 0 Å². The Labute approximate surface area is 181 Å². The van der Waals surface area contributed by atoms with Crippen molar-refractivity contribution < 1.29 is 0 Å². The molecule has 0 aliphatic heterocycles. The molecule has 3 rings (SSSR count). The fraction of sp³-hybridized carbons (Fsp3) is 0.133. The normalized spacial score (nSPS) is 11.3. The van der Waals surface area contributed by atoms with Crippen molar-refractivity contribution in [3.63, 3.8) is 0 Å². The molecule has 0 saturated heterocycles. The quantitative estimate of drug-likeness (QED) is 0.354. The van der Waals surface area contributed by atoms with Crippen LogP contribution < -0.4 is 0 Å². The monoisotopic (exact) mass is 390 g/mol. The van der Waals surface area contributed by atoms with E-state index < -0.39 is 0 Å². The molecule has 0 heterocycles. The molecule has 0 atom stereocenters. The summed E-state index contributed by atoms with van der Waals surface area (Å²) >= 11 is 0. The zero-order chi connectivity index (χ0) is 21.5. The van der Waals surface area contributed by atoms with Gasteiger partial charge in [-0.05, 0) is 71.7 Å². The van der Waals surface area contributed by atoms with Crippen LogP contribution in [0.3, 0.4) is 0 Å². The molecule has 0 fully saturated rings. The smallest absolute Gasteiger partial charge is 0.00943 e. The highest BCUT2D eigenvalue weighted by Gasteiger charge is 2.10. The van der Waals surface area contributed by atoms with Crippen LogP contribution in [0.2, 0.25) is 0 Å². The highest BCUT2D eigenvalue weighted by atomic mass is 14.1. The van der Waals surface area contributed by atoms with Gasteiger partial charge < -0.3 is 0 Å². The number of allylic oxidation sites excluding steroid dienone is 6. The van der Waals surface area contributed by atoms with Crippen molar-refractivity contribution >= 4 is 5.57 Å². The zero-order valence-corrected chi connectivity index (χ0v) is 18.3. The average molecular weight is 391 g/mol. The third-order valence-electron chi connectivity index (χ3n) is 5.37. The third kappa shape index (κ3) is 5.15. The van der Waals surface area contributed by atoms with Gasteiger partial charge >= 0.3 is 0 Å². The molecule has 0 radical (unpaired) electrons. The molecule has 0 heteroatoms. The van der Waals surface area contributed by atoms with Crippen molar-refractivity contribution in [2.24, 2.45) is 0 Å². The average Bonchev–Trinajstić information content (AvgIpc) is 2.74. The second-order valence-corrected chi connectivity index (χ2v) is 7.81. The zero-order valence-electron chi connectivity index (χ0n) is 18.3. The van der Waals surface area contributed by atoms with Crippen LogP contribution in [0.1, 0.15) is 30.0 Å². The molecule has 3 aromatic rings. The first kappa shape index (κ1) is 21.3. The van der Waals surface area contributed by atoms with E-state index in [2.05, 4.69) is 106 Å². The minimum Gasteiger partial charge on any atom is -0.0961 e. The van der Waals surface area contributed by atoms with Gasteiger partial charge in [-0.15, -0.1) is 0 Å². The van der Waals surface area contributed by atoms with Crippen molar-refractivity contribution in [2.75, 3.05) is 0 Å². The Morgan fingerprint density at radius 1 is 0.767 bits per heavy atom. The molecular weight excluding hydrogens is 360 g/mol. The summed E-state index contributed by atoms with van der Waals surface area (Å²) in [6.45, 7) is 14.5. The van der Waals surface area contributed by atoms with Gasteiger partial charge in [0.25, 0.3) is 0 Å². The minimum absolute atomic E-state index is 0.835. The highest BCUT2D eigenvalue weighted by molar-refractivity contribution is 5.80. The van der Waals surface area contributed by atoms with E-state index in [1.54, 1.807) is 0 Å². The highest BCUT2D eigenvalue weighted by Crippen LogP contribution is 2.33. The Hall–Kier alpha value is -3.38. The van der Waals surface area contributed by atoms with Gasteiger partial charge in [-0.3, -0.25) is 0 Å². The Bertz CT molecular complexity index is 1110.